The van der Waals surface area contributed by atoms with Crippen molar-refractivity contribution in [2.24, 2.45) is 11.8 Å². The van der Waals surface area contributed by atoms with Gasteiger partial charge in [-0.25, -0.2) is 0 Å². The molecule has 0 unspecified atom stereocenters. The van der Waals surface area contributed by atoms with Crippen LogP contribution in [0.1, 0.15) is 52.5 Å². The molecule has 11 heteroatoms. The summed E-state index contributed by atoms with van der Waals surface area (Å²) in [5, 5.41) is 17.2. The van der Waals surface area contributed by atoms with Gasteiger partial charge in [-0.15, -0.1) is 0 Å². The molecule has 0 saturated heterocycles. The number of rotatable bonds is 11. The van der Waals surface area contributed by atoms with Crippen molar-refractivity contribution in [3.63, 3.8) is 0 Å². The number of fused-ring (bicyclic) bond motifs is 2. The van der Waals surface area contributed by atoms with Crippen LogP contribution in [0.5, 0.6) is 11.5 Å². The highest BCUT2D eigenvalue weighted by Gasteiger charge is 2.32. The monoisotopic (exact) mass is 707 g/mol. The molecule has 5 atom stereocenters. The summed E-state index contributed by atoms with van der Waals surface area (Å²) in [6.07, 6.45) is 9.00. The largest absolute Gasteiger partial charge is 0.493 e. The zero-order valence-electron chi connectivity index (χ0n) is 31.7. The first-order valence-electron chi connectivity index (χ1n) is 17.6. The molecule has 0 radical (unpaired) electrons. The maximum Gasteiger partial charge on any atom is 0.251 e. The minimum Gasteiger partial charge on any atom is -0.493 e. The maximum absolute atomic E-state index is 14.0. The normalized spacial score (nSPS) is 26.8. The molecule has 1 amide bonds. The Morgan fingerprint density at radius 1 is 0.980 bits per heavy atom. The highest BCUT2D eigenvalue weighted by Crippen LogP contribution is 2.29. The maximum atomic E-state index is 14.0. The smallest absolute Gasteiger partial charge is 0.251 e. The van der Waals surface area contributed by atoms with Gasteiger partial charge < -0.3 is 39.6 Å². The molecular formula is C40H57N3O8. The second kappa shape index (κ2) is 20.1. The van der Waals surface area contributed by atoms with Crippen LogP contribution in [0.3, 0.4) is 0 Å². The number of nitrogens with one attached hydrogen (secondary N) is 2. The van der Waals surface area contributed by atoms with E-state index in [0.717, 1.165) is 24.1 Å². The Kier molecular flexibility index (Phi) is 16.3. The number of amides is 1. The van der Waals surface area contributed by atoms with E-state index in [1.807, 2.05) is 58.2 Å². The molecule has 1 aliphatic heterocycles. The predicted octanol–water partition coefficient (Wildman–Crippen LogP) is 4.47. The van der Waals surface area contributed by atoms with Crippen LogP contribution in [0.2, 0.25) is 0 Å². The molecule has 2 aliphatic rings. The minimum absolute atomic E-state index is 0.0639. The molecule has 0 aromatic heterocycles. The number of aliphatic hydroxyl groups excluding tert-OH is 1. The van der Waals surface area contributed by atoms with Crippen LogP contribution in [0.25, 0.3) is 0 Å². The van der Waals surface area contributed by atoms with Gasteiger partial charge in [-0.3, -0.25) is 14.4 Å². The van der Waals surface area contributed by atoms with Crippen LogP contribution in [0.15, 0.2) is 76.7 Å². The van der Waals surface area contributed by atoms with Gasteiger partial charge in [-0.2, -0.15) is 0 Å². The Morgan fingerprint density at radius 2 is 1.71 bits per heavy atom. The third-order valence-corrected chi connectivity index (χ3v) is 9.43. The van der Waals surface area contributed by atoms with Crippen molar-refractivity contribution in [3.05, 3.63) is 82.3 Å². The zero-order valence-corrected chi connectivity index (χ0v) is 31.7. The topological polar surface area (TPSA) is 136 Å². The summed E-state index contributed by atoms with van der Waals surface area (Å²) in [5.41, 5.74) is 2.99. The number of hydrogen-bond donors (Lipinski definition) is 3. The molecule has 51 heavy (non-hydrogen) atoms. The Morgan fingerprint density at radius 3 is 2.37 bits per heavy atom. The van der Waals surface area contributed by atoms with Crippen molar-refractivity contribution in [1.29, 1.82) is 0 Å². The van der Waals surface area contributed by atoms with Gasteiger partial charge in [0.2, 0.25) is 11.6 Å². The van der Waals surface area contributed by atoms with Crippen LogP contribution >= 0.6 is 0 Å². The summed E-state index contributed by atoms with van der Waals surface area (Å²) in [5.74, 6) is -0.271. The number of nitrogens with zero attached hydrogens (tertiary/aromatic N) is 1. The Bertz CT molecular complexity index is 1540. The molecule has 1 aromatic carbocycles. The summed E-state index contributed by atoms with van der Waals surface area (Å²) in [7, 11) is 8.40. The van der Waals surface area contributed by atoms with Crippen LogP contribution < -0.4 is 20.1 Å². The first-order chi connectivity index (χ1) is 24.3. The Labute approximate surface area is 303 Å². The average Bonchev–Trinajstić information content (AvgIpc) is 3.11. The van der Waals surface area contributed by atoms with Gasteiger partial charge in [0, 0.05) is 57.0 Å². The molecular weight excluding hydrogens is 650 g/mol. The van der Waals surface area contributed by atoms with E-state index in [0.29, 0.717) is 48.6 Å². The molecule has 3 rings (SSSR count). The highest BCUT2D eigenvalue weighted by molar-refractivity contribution is 6.23. The minimum atomic E-state index is -0.795. The summed E-state index contributed by atoms with van der Waals surface area (Å²) < 4.78 is 22.1. The van der Waals surface area contributed by atoms with Crippen LogP contribution in [0.4, 0.5) is 0 Å². The van der Waals surface area contributed by atoms with E-state index >= 15 is 0 Å². The molecule has 3 N–H and O–H groups in total. The third kappa shape index (κ3) is 12.0. The number of benzene rings is 1. The van der Waals surface area contributed by atoms with Gasteiger partial charge in [-0.05, 0) is 70.2 Å². The van der Waals surface area contributed by atoms with Crippen molar-refractivity contribution in [1.82, 2.24) is 15.5 Å². The fourth-order valence-electron chi connectivity index (χ4n) is 6.34. The second-order valence-electron chi connectivity index (χ2n) is 13.6. The molecule has 2 bridgehead atoms. The van der Waals surface area contributed by atoms with E-state index in [1.54, 1.807) is 47.5 Å². The Hall–Kier alpha value is -4.03. The number of Topliss-reactive ketones (excluding diaryl/α,β-unsaturated/α-hetero) is 1. The lowest BCUT2D eigenvalue weighted by molar-refractivity contribution is -0.120. The van der Waals surface area contributed by atoms with E-state index in [1.165, 1.54) is 6.08 Å². The molecule has 1 aromatic rings. The van der Waals surface area contributed by atoms with Gasteiger partial charge in [0.25, 0.3) is 5.91 Å². The van der Waals surface area contributed by atoms with Crippen LogP contribution in [-0.2, 0) is 30.3 Å². The molecule has 1 aliphatic carbocycles. The molecule has 11 nitrogen and oxygen atoms in total. The van der Waals surface area contributed by atoms with Crippen molar-refractivity contribution >= 4 is 17.5 Å². The zero-order chi connectivity index (χ0) is 37.7. The lowest BCUT2D eigenvalue weighted by Crippen LogP contribution is -2.38. The summed E-state index contributed by atoms with van der Waals surface area (Å²) in [6, 6.07) is 5.86. The Balaban J connectivity index is 1.84. The summed E-state index contributed by atoms with van der Waals surface area (Å²) in [4.78, 5) is 42.8. The van der Waals surface area contributed by atoms with Crippen LogP contribution in [0, 0.1) is 11.8 Å². The highest BCUT2D eigenvalue weighted by atomic mass is 16.5. The van der Waals surface area contributed by atoms with Gasteiger partial charge >= 0.3 is 0 Å². The van der Waals surface area contributed by atoms with Crippen molar-refractivity contribution in [2.45, 2.75) is 71.7 Å². The number of carbonyl (C=O) groups excluding carboxylic acids is 3. The van der Waals surface area contributed by atoms with Gasteiger partial charge in [0.1, 0.15) is 0 Å². The first kappa shape index (κ1) is 41.4. The average molecular weight is 708 g/mol. The molecule has 280 valence electrons. The fourth-order valence-corrected chi connectivity index (χ4v) is 6.34. The van der Waals surface area contributed by atoms with Crippen molar-refractivity contribution in [2.75, 3.05) is 55.1 Å². The first-order valence-corrected chi connectivity index (χ1v) is 17.6. The second-order valence-corrected chi connectivity index (χ2v) is 13.6. The number of hydrogen-bond acceptors (Lipinski definition) is 10. The van der Waals surface area contributed by atoms with E-state index in [2.05, 4.69) is 15.5 Å². The molecule has 0 spiro atoms. The van der Waals surface area contributed by atoms with E-state index in [9.17, 15) is 19.5 Å². The SMILES string of the molecule is COc1ccc(CCN(C)CCNC2=C3C[C@@H](C)C[C@H](OC)[C@H](O)[C@@H](C)/C=C(\C)C[C@@H](OC)/C=C\C=C(/C)C(=O)NC(=CC2=O)C3=O)cc1OC. The predicted molar refractivity (Wildman–Crippen MR) is 198 cm³/mol. The van der Waals surface area contributed by atoms with Gasteiger partial charge in [0.05, 0.1) is 43.9 Å². The number of ether oxygens (including phenoxy) is 4. The van der Waals surface area contributed by atoms with Gasteiger partial charge in [0.15, 0.2) is 11.5 Å². The lowest BCUT2D eigenvalue weighted by Gasteiger charge is -2.29. The number of methoxy groups -OCH3 is 4. The number of carbonyl (C=O) groups is 3. The van der Waals surface area contributed by atoms with Gasteiger partial charge in [-0.1, -0.05) is 49.8 Å². The summed E-state index contributed by atoms with van der Waals surface area (Å²) >= 11 is 0. The number of ketones is 2. The number of allylic oxidation sites excluding steroid dienone is 4. The fraction of sp³-hybridized carbons (Fsp3) is 0.525. The standard InChI is InChI=1S/C40H57N3O8/c1-25-19-28(4)38(45)36(51-9)22-26(2)21-31-37(41-16-18-43(5)17-15-29-13-14-34(49-7)35(23-29)50-8)33(44)24-32(39(31)46)42-40(47)27(3)11-10-12-30(20-25)48-6/h10-14,19,23-24,26,28,30,36,38,41,45H,15-18,20-22H2,1-9H3,(H,42,47)/b12-10-,25-19+,27-11+/t26-,28+,30+,36+,38-/m1/s1. The number of aliphatic hydroxyl groups is 1. The molecule has 0 saturated carbocycles. The third-order valence-electron chi connectivity index (χ3n) is 9.43. The van der Waals surface area contributed by atoms with E-state index < -0.39 is 23.9 Å². The number of likely N-dealkylation sites (N-methyl/N-ethyl adjacent to an activating group) is 1. The summed E-state index contributed by atoms with van der Waals surface area (Å²) in [6.45, 7) is 9.34. The molecule has 1 heterocycles. The van der Waals surface area contributed by atoms with E-state index in [-0.39, 0.29) is 41.5 Å². The van der Waals surface area contributed by atoms with Crippen molar-refractivity contribution < 1.29 is 38.4 Å². The quantitative estimate of drug-likeness (QED) is 0.223. The van der Waals surface area contributed by atoms with Crippen LogP contribution in [-0.4, -0.2) is 101 Å². The van der Waals surface area contributed by atoms with Crippen molar-refractivity contribution in [3.8, 4) is 11.5 Å². The molecule has 0 fully saturated rings. The van der Waals surface area contributed by atoms with E-state index in [4.69, 9.17) is 18.9 Å². The lowest BCUT2D eigenvalue weighted by atomic mass is 9.85.